The quantitative estimate of drug-likeness (QED) is 0.151. The number of hydrogen-bond acceptors (Lipinski definition) is 5. The van der Waals surface area contributed by atoms with Gasteiger partial charge in [-0.05, 0) is 0 Å². The molecule has 0 radical (unpaired) electrons. The summed E-state index contributed by atoms with van der Waals surface area (Å²) >= 11 is -1.16. The molecule has 16 bridgehead atoms. The molecule has 0 amide bonds. The van der Waals surface area contributed by atoms with Crippen molar-refractivity contribution in [2.24, 2.45) is 0 Å². The van der Waals surface area contributed by atoms with Gasteiger partial charge in [-0.25, -0.2) is 0 Å². The summed E-state index contributed by atoms with van der Waals surface area (Å²) in [6.45, 7) is 0. The van der Waals surface area contributed by atoms with Crippen molar-refractivity contribution in [1.29, 1.82) is 0 Å². The number of nitrogens with zero attached hydrogens (tertiary/aromatic N) is 4. The van der Waals surface area contributed by atoms with Gasteiger partial charge in [0.05, 0.1) is 0 Å². The summed E-state index contributed by atoms with van der Waals surface area (Å²) in [5.74, 6) is 1.57. The second-order valence-electron chi connectivity index (χ2n) is 17.7. The molecule has 5 nitrogen and oxygen atoms in total. The molecule has 5 heterocycles. The summed E-state index contributed by atoms with van der Waals surface area (Å²) in [7, 11) is 0. The summed E-state index contributed by atoms with van der Waals surface area (Å²) < 4.78 is 9.28. The molecule has 68 heavy (non-hydrogen) atoms. The molecular formula is C62H38N4OPt. The van der Waals surface area contributed by atoms with Crippen LogP contribution in [0.2, 0.25) is 0 Å². The summed E-state index contributed by atoms with van der Waals surface area (Å²) in [5.41, 5.74) is 22.9. The summed E-state index contributed by atoms with van der Waals surface area (Å²) in [6.07, 6.45) is 0. The molecule has 6 heteroatoms. The Morgan fingerprint density at radius 1 is 0.265 bits per heavy atom. The molecule has 0 saturated carbocycles. The number of fused-ring (bicyclic) bond motifs is 24. The van der Waals surface area contributed by atoms with Crippen molar-refractivity contribution in [3.05, 3.63) is 231 Å². The van der Waals surface area contributed by atoms with E-state index in [4.69, 9.17) is 4.74 Å². The van der Waals surface area contributed by atoms with E-state index in [1.54, 1.807) is 0 Å². The van der Waals surface area contributed by atoms with Crippen LogP contribution in [-0.2, 0) is 17.6 Å². The SMILES string of the molecule is c1cc2cc(c1)-c1cccc3c1N1[C]4=[Pt]=[C]5N(c6cccc(c6)Oc6cccc(c6)N4c4ccccc41)c1ccccc1N5c1c(cccc1-c1cccc(c1)-c1cccc-3c1)-c1cccc-2c1. The summed E-state index contributed by atoms with van der Waals surface area (Å²) in [5, 5.41) is 0. The molecule has 0 N–H and O–H groups in total. The third-order valence-corrected chi connectivity index (χ3v) is 16.9. The minimum absolute atomic E-state index is 0.787. The molecule has 0 aliphatic carbocycles. The normalized spacial score (nSPS) is 14.2. The van der Waals surface area contributed by atoms with Gasteiger partial charge < -0.3 is 0 Å². The van der Waals surface area contributed by atoms with Crippen LogP contribution in [0.15, 0.2) is 231 Å². The zero-order chi connectivity index (χ0) is 44.5. The van der Waals surface area contributed by atoms with Gasteiger partial charge in [0, 0.05) is 0 Å². The topological polar surface area (TPSA) is 22.2 Å². The number of benzene rings is 10. The molecule has 0 saturated heterocycles. The number of anilines is 8. The van der Waals surface area contributed by atoms with Gasteiger partial charge in [-0.1, -0.05) is 0 Å². The Kier molecular flexibility index (Phi) is 8.10. The molecule has 10 aromatic rings. The van der Waals surface area contributed by atoms with E-state index in [1.807, 2.05) is 0 Å². The Balaban J connectivity index is 1.22. The van der Waals surface area contributed by atoms with Crippen molar-refractivity contribution in [2.75, 3.05) is 19.6 Å². The molecule has 10 aromatic carbocycles. The van der Waals surface area contributed by atoms with Gasteiger partial charge >= 0.3 is 405 Å². The molecule has 0 unspecified atom stereocenters. The first-order chi connectivity index (χ1) is 33.7. The predicted octanol–water partition coefficient (Wildman–Crippen LogP) is 16.0. The third kappa shape index (κ3) is 5.60. The number of ether oxygens (including phenoxy) is 1. The van der Waals surface area contributed by atoms with Crippen LogP contribution in [0.1, 0.15) is 0 Å². The van der Waals surface area contributed by atoms with Crippen molar-refractivity contribution < 1.29 is 22.4 Å². The average molecular weight is 1050 g/mol. The van der Waals surface area contributed by atoms with Gasteiger partial charge in [-0.2, -0.15) is 0 Å². The first kappa shape index (κ1) is 37.8. The summed E-state index contributed by atoms with van der Waals surface area (Å²) in [6, 6.07) is 85.7. The van der Waals surface area contributed by atoms with Gasteiger partial charge in [0.25, 0.3) is 0 Å². The van der Waals surface area contributed by atoms with Crippen LogP contribution < -0.4 is 24.3 Å². The van der Waals surface area contributed by atoms with Crippen LogP contribution >= 0.6 is 0 Å². The van der Waals surface area contributed by atoms with Crippen molar-refractivity contribution in [1.82, 2.24) is 0 Å². The van der Waals surface area contributed by atoms with E-state index in [-0.39, 0.29) is 0 Å². The maximum atomic E-state index is 6.85. The third-order valence-electron chi connectivity index (χ3n) is 13.8. The Bertz CT molecular complexity index is 3510. The van der Waals surface area contributed by atoms with Crippen LogP contribution in [-0.4, -0.2) is 8.29 Å². The van der Waals surface area contributed by atoms with Crippen molar-refractivity contribution >= 4 is 53.8 Å². The second kappa shape index (κ2) is 14.6. The van der Waals surface area contributed by atoms with E-state index >= 15 is 0 Å². The number of para-hydroxylation sites is 6. The van der Waals surface area contributed by atoms with Crippen LogP contribution in [0.5, 0.6) is 11.5 Å². The Hall–Kier alpha value is -8.37. The van der Waals surface area contributed by atoms with Gasteiger partial charge in [-0.15, -0.1) is 0 Å². The zero-order valence-corrected chi connectivity index (χ0v) is 38.7. The molecule has 0 atom stereocenters. The molecule has 0 fully saturated rings. The number of rotatable bonds is 0. The molecule has 5 aliphatic heterocycles. The molecule has 0 aromatic heterocycles. The van der Waals surface area contributed by atoms with Crippen LogP contribution in [0, 0.1) is 0 Å². The fraction of sp³-hybridized carbons (Fsp3) is 0. The van der Waals surface area contributed by atoms with E-state index < -0.39 is 17.6 Å². The predicted molar refractivity (Wildman–Crippen MR) is 277 cm³/mol. The van der Waals surface area contributed by atoms with Crippen LogP contribution in [0.25, 0.3) is 66.8 Å². The van der Waals surface area contributed by atoms with Gasteiger partial charge in [0.1, 0.15) is 0 Å². The zero-order valence-electron chi connectivity index (χ0n) is 36.5. The van der Waals surface area contributed by atoms with Gasteiger partial charge in [0.2, 0.25) is 0 Å². The average Bonchev–Trinajstić information content (AvgIpc) is 3.89. The Labute approximate surface area is 402 Å². The second-order valence-corrected chi connectivity index (χ2v) is 20.3. The van der Waals surface area contributed by atoms with Crippen LogP contribution in [0.3, 0.4) is 0 Å². The van der Waals surface area contributed by atoms with E-state index in [2.05, 4.69) is 250 Å². The fourth-order valence-electron chi connectivity index (χ4n) is 10.8. The first-order valence-electron chi connectivity index (χ1n) is 23.0. The van der Waals surface area contributed by atoms with E-state index in [9.17, 15) is 0 Å². The molecule has 15 rings (SSSR count). The molecule has 0 spiro atoms. The van der Waals surface area contributed by atoms with Crippen molar-refractivity contribution in [2.45, 2.75) is 0 Å². The van der Waals surface area contributed by atoms with E-state index in [0.29, 0.717) is 0 Å². The number of hydrogen-bond donors (Lipinski definition) is 0. The standard InChI is InChI=1S/C62H38N4O.Pt/c1-3-31-59-57(29-1)63-39-65(59)61-53-25-11-26-54(61)46-18-6-14-42(34-46)44-16-8-20-48(36-44)56-28-12-27-55(47-19-7-15-43(35-47)41-13-5-17-45(53)33-41)62(56)66-40-64(58-30-2-4-32-60(58)66)50-22-10-24-52(38-50)67-51-23-9-21-49(63)37-51;/h1-38H;. The first-order valence-corrected chi connectivity index (χ1v) is 25.3. The maximum absolute atomic E-state index is 6.85. The minimum atomic E-state index is -1.16. The van der Waals surface area contributed by atoms with E-state index in [0.717, 1.165) is 102 Å². The van der Waals surface area contributed by atoms with Crippen molar-refractivity contribution in [3.8, 4) is 78.3 Å². The van der Waals surface area contributed by atoms with Crippen LogP contribution in [0.4, 0.5) is 45.5 Å². The fourth-order valence-corrected chi connectivity index (χ4v) is 14.5. The summed E-state index contributed by atoms with van der Waals surface area (Å²) in [4.78, 5) is 10.3. The molecule has 322 valence electrons. The monoisotopic (exact) mass is 1050 g/mol. The molecular weight excluding hydrogens is 1010 g/mol. The van der Waals surface area contributed by atoms with Crippen molar-refractivity contribution in [3.63, 3.8) is 0 Å². The van der Waals surface area contributed by atoms with Gasteiger partial charge in [0.15, 0.2) is 0 Å². The Morgan fingerprint density at radius 3 is 0.941 bits per heavy atom. The van der Waals surface area contributed by atoms with Gasteiger partial charge in [-0.3, -0.25) is 0 Å². The Morgan fingerprint density at radius 2 is 0.574 bits per heavy atom. The van der Waals surface area contributed by atoms with E-state index in [1.165, 1.54) is 30.5 Å². The molecule has 5 aliphatic rings.